The minimum Gasteiger partial charge on any atom is -0.353 e. The van der Waals surface area contributed by atoms with Gasteiger partial charge in [0.05, 0.1) is 6.04 Å². The Bertz CT molecular complexity index is 324. The van der Waals surface area contributed by atoms with E-state index in [4.69, 9.17) is 0 Å². The number of nitrogens with zero attached hydrogens (tertiary/aromatic N) is 1. The summed E-state index contributed by atoms with van der Waals surface area (Å²) >= 11 is 0. The van der Waals surface area contributed by atoms with Gasteiger partial charge in [-0.05, 0) is 52.2 Å². The van der Waals surface area contributed by atoms with Gasteiger partial charge in [-0.15, -0.1) is 0 Å². The maximum absolute atomic E-state index is 12.4. The zero-order chi connectivity index (χ0) is 14.6. The lowest BCUT2D eigenvalue weighted by Crippen LogP contribution is -2.57. The second kappa shape index (κ2) is 6.90. The summed E-state index contributed by atoms with van der Waals surface area (Å²) in [4.78, 5) is 14.7. The van der Waals surface area contributed by atoms with Crippen LogP contribution in [0.1, 0.15) is 51.9 Å². The molecule has 1 aliphatic heterocycles. The van der Waals surface area contributed by atoms with Crippen molar-refractivity contribution in [1.82, 2.24) is 15.5 Å². The minimum atomic E-state index is 0.0153. The second-order valence-corrected chi connectivity index (χ2v) is 7.03. The monoisotopic (exact) mass is 281 g/mol. The molecule has 1 saturated heterocycles. The maximum Gasteiger partial charge on any atom is 0.237 e. The van der Waals surface area contributed by atoms with Crippen LogP contribution >= 0.6 is 0 Å². The number of carbonyl (C=O) groups excluding carboxylic acids is 1. The molecular formula is C16H31N3O. The molecule has 2 N–H and O–H groups in total. The minimum absolute atomic E-state index is 0.0153. The molecule has 0 bridgehead atoms. The standard InChI is InChI=1S/C16H31N3O/c1-13-7-10-17-14(11-13)15(20)18-12-16(19(2)3)8-5-4-6-9-16/h13-14,17H,4-12H2,1-3H3,(H,18,20). The van der Waals surface area contributed by atoms with Gasteiger partial charge in [-0.3, -0.25) is 4.79 Å². The summed E-state index contributed by atoms with van der Waals surface area (Å²) in [5, 5.41) is 6.57. The van der Waals surface area contributed by atoms with Gasteiger partial charge >= 0.3 is 0 Å². The van der Waals surface area contributed by atoms with Crippen LogP contribution in [0.5, 0.6) is 0 Å². The van der Waals surface area contributed by atoms with Gasteiger partial charge in [0.2, 0.25) is 5.91 Å². The summed E-state index contributed by atoms with van der Waals surface area (Å²) in [5.41, 5.74) is 0.175. The molecule has 0 aromatic rings. The third-order valence-corrected chi connectivity index (χ3v) is 5.31. The van der Waals surface area contributed by atoms with Crippen molar-refractivity contribution in [3.63, 3.8) is 0 Å². The summed E-state index contributed by atoms with van der Waals surface area (Å²) in [6.45, 7) is 4.01. The molecule has 0 aromatic heterocycles. The van der Waals surface area contributed by atoms with Crippen LogP contribution in [0.25, 0.3) is 0 Å². The van der Waals surface area contributed by atoms with E-state index in [0.29, 0.717) is 5.92 Å². The molecule has 1 heterocycles. The van der Waals surface area contributed by atoms with Gasteiger partial charge in [0.25, 0.3) is 0 Å². The zero-order valence-corrected chi connectivity index (χ0v) is 13.4. The molecule has 0 radical (unpaired) electrons. The Morgan fingerprint density at radius 1 is 1.30 bits per heavy atom. The van der Waals surface area contributed by atoms with Gasteiger partial charge in [-0.1, -0.05) is 26.2 Å². The predicted octanol–water partition coefficient (Wildman–Crippen LogP) is 1.76. The Hall–Kier alpha value is -0.610. The van der Waals surface area contributed by atoms with Crippen molar-refractivity contribution >= 4 is 5.91 Å². The van der Waals surface area contributed by atoms with Crippen LogP contribution in [-0.2, 0) is 4.79 Å². The first-order chi connectivity index (χ1) is 9.53. The second-order valence-electron chi connectivity index (χ2n) is 7.03. The Morgan fingerprint density at radius 3 is 2.60 bits per heavy atom. The van der Waals surface area contributed by atoms with E-state index in [-0.39, 0.29) is 17.5 Å². The number of nitrogens with one attached hydrogen (secondary N) is 2. The molecule has 1 amide bonds. The summed E-state index contributed by atoms with van der Waals surface area (Å²) in [6, 6.07) is 0.0153. The number of hydrogen-bond donors (Lipinski definition) is 2. The number of amides is 1. The van der Waals surface area contributed by atoms with Crippen molar-refractivity contribution in [1.29, 1.82) is 0 Å². The fourth-order valence-corrected chi connectivity index (χ4v) is 3.67. The van der Waals surface area contributed by atoms with E-state index in [2.05, 4.69) is 36.6 Å². The average molecular weight is 281 g/mol. The van der Waals surface area contributed by atoms with E-state index in [0.717, 1.165) is 19.5 Å². The molecule has 4 heteroatoms. The first kappa shape index (κ1) is 15.8. The van der Waals surface area contributed by atoms with Crippen LogP contribution in [0.4, 0.5) is 0 Å². The van der Waals surface area contributed by atoms with Crippen molar-refractivity contribution < 1.29 is 4.79 Å². The molecule has 2 atom stereocenters. The van der Waals surface area contributed by atoms with E-state index in [9.17, 15) is 4.79 Å². The molecule has 0 aromatic carbocycles. The molecule has 20 heavy (non-hydrogen) atoms. The van der Waals surface area contributed by atoms with Gasteiger partial charge < -0.3 is 15.5 Å². The highest BCUT2D eigenvalue weighted by molar-refractivity contribution is 5.81. The number of rotatable bonds is 4. The first-order valence-electron chi connectivity index (χ1n) is 8.22. The molecule has 4 nitrogen and oxygen atoms in total. The van der Waals surface area contributed by atoms with E-state index >= 15 is 0 Å². The summed E-state index contributed by atoms with van der Waals surface area (Å²) in [7, 11) is 4.30. The highest BCUT2D eigenvalue weighted by Gasteiger charge is 2.35. The van der Waals surface area contributed by atoms with Gasteiger partial charge in [-0.25, -0.2) is 0 Å². The number of carbonyl (C=O) groups is 1. The average Bonchev–Trinajstić information content (AvgIpc) is 2.45. The SMILES string of the molecule is CC1CCNC(C(=O)NCC2(N(C)C)CCCCC2)C1. The Balaban J connectivity index is 1.87. The Labute approximate surface area is 123 Å². The molecular weight excluding hydrogens is 250 g/mol. The van der Waals surface area contributed by atoms with Crippen LogP contribution in [-0.4, -0.2) is 49.6 Å². The Kier molecular flexibility index (Phi) is 5.44. The third kappa shape index (κ3) is 3.73. The molecule has 1 aliphatic carbocycles. The van der Waals surface area contributed by atoms with E-state index in [1.165, 1.54) is 38.5 Å². The summed E-state index contributed by atoms with van der Waals surface area (Å²) in [5.74, 6) is 0.854. The molecule has 2 fully saturated rings. The summed E-state index contributed by atoms with van der Waals surface area (Å²) < 4.78 is 0. The van der Waals surface area contributed by atoms with Crippen LogP contribution in [0.3, 0.4) is 0 Å². The van der Waals surface area contributed by atoms with Crippen LogP contribution in [0.15, 0.2) is 0 Å². The quantitative estimate of drug-likeness (QED) is 0.825. The van der Waals surface area contributed by atoms with Crippen molar-refractivity contribution in [3.05, 3.63) is 0 Å². The zero-order valence-electron chi connectivity index (χ0n) is 13.4. The van der Waals surface area contributed by atoms with Crippen LogP contribution in [0, 0.1) is 5.92 Å². The molecule has 2 unspecified atom stereocenters. The molecule has 2 aliphatic rings. The Morgan fingerprint density at radius 2 is 2.00 bits per heavy atom. The van der Waals surface area contributed by atoms with Crippen molar-refractivity contribution in [3.8, 4) is 0 Å². The molecule has 2 rings (SSSR count). The van der Waals surface area contributed by atoms with Gasteiger partial charge in [0.15, 0.2) is 0 Å². The van der Waals surface area contributed by atoms with Crippen molar-refractivity contribution in [2.75, 3.05) is 27.2 Å². The molecule has 1 saturated carbocycles. The lowest BCUT2D eigenvalue weighted by Gasteiger charge is -2.43. The van der Waals surface area contributed by atoms with Crippen LogP contribution < -0.4 is 10.6 Å². The summed E-state index contributed by atoms with van der Waals surface area (Å²) in [6.07, 6.45) is 8.47. The number of likely N-dealkylation sites (N-methyl/N-ethyl adjacent to an activating group) is 1. The lowest BCUT2D eigenvalue weighted by atomic mass is 9.80. The topological polar surface area (TPSA) is 44.4 Å². The number of hydrogen-bond acceptors (Lipinski definition) is 3. The van der Waals surface area contributed by atoms with Crippen molar-refractivity contribution in [2.45, 2.75) is 63.5 Å². The molecule has 0 spiro atoms. The fraction of sp³-hybridized carbons (Fsp3) is 0.938. The lowest BCUT2D eigenvalue weighted by molar-refractivity contribution is -0.124. The maximum atomic E-state index is 12.4. The predicted molar refractivity (Wildman–Crippen MR) is 82.7 cm³/mol. The van der Waals surface area contributed by atoms with Crippen molar-refractivity contribution in [2.24, 2.45) is 5.92 Å². The van der Waals surface area contributed by atoms with E-state index < -0.39 is 0 Å². The van der Waals surface area contributed by atoms with E-state index in [1.54, 1.807) is 0 Å². The number of piperidine rings is 1. The molecule has 116 valence electrons. The van der Waals surface area contributed by atoms with Gasteiger partial charge in [-0.2, -0.15) is 0 Å². The van der Waals surface area contributed by atoms with E-state index in [1.807, 2.05) is 0 Å². The van der Waals surface area contributed by atoms with Crippen LogP contribution in [0.2, 0.25) is 0 Å². The highest BCUT2D eigenvalue weighted by atomic mass is 16.2. The fourth-order valence-electron chi connectivity index (χ4n) is 3.67. The smallest absolute Gasteiger partial charge is 0.237 e. The first-order valence-corrected chi connectivity index (χ1v) is 8.22. The van der Waals surface area contributed by atoms with Gasteiger partial charge in [0, 0.05) is 12.1 Å². The highest BCUT2D eigenvalue weighted by Crippen LogP contribution is 2.31. The normalized spacial score (nSPS) is 30.2. The van der Waals surface area contributed by atoms with Gasteiger partial charge in [0.1, 0.15) is 0 Å². The largest absolute Gasteiger partial charge is 0.353 e. The third-order valence-electron chi connectivity index (χ3n) is 5.31.